The van der Waals surface area contributed by atoms with Crippen LogP contribution in [0.5, 0.6) is 0 Å². The van der Waals surface area contributed by atoms with E-state index < -0.39 is 29.8 Å². The number of aryl methyl sites for hydroxylation is 1. The van der Waals surface area contributed by atoms with Gasteiger partial charge in [0.05, 0.1) is 38.8 Å². The fourth-order valence-electron chi connectivity index (χ4n) is 7.48. The van der Waals surface area contributed by atoms with Gasteiger partial charge in [-0.3, -0.25) is 9.59 Å². The number of nitrogens with one attached hydrogen (secondary N) is 2. The monoisotopic (exact) mass is 654 g/mol. The first kappa shape index (κ1) is 31.5. The van der Waals surface area contributed by atoms with Crippen LogP contribution >= 0.6 is 0 Å². The predicted molar refractivity (Wildman–Crippen MR) is 178 cm³/mol. The van der Waals surface area contributed by atoms with Crippen molar-refractivity contribution in [1.29, 1.82) is 5.26 Å². The summed E-state index contributed by atoms with van der Waals surface area (Å²) in [5.74, 6) is -0.803. The van der Waals surface area contributed by atoms with Crippen molar-refractivity contribution < 1.29 is 23.8 Å². The van der Waals surface area contributed by atoms with Crippen LogP contribution < -0.4 is 15.6 Å². The first-order valence-corrected chi connectivity index (χ1v) is 15.7. The van der Waals surface area contributed by atoms with E-state index in [1.54, 1.807) is 37.1 Å². The number of ether oxygens (including phenoxy) is 2. The molecule has 2 saturated heterocycles. The number of H-pyrrole nitrogens is 1. The topological polar surface area (TPSA) is 162 Å². The number of hydrogen-bond donors (Lipinski definition) is 3. The Morgan fingerprint density at radius 1 is 1.23 bits per heavy atom. The molecule has 4 aromatic heterocycles. The molecule has 2 aliphatic rings. The van der Waals surface area contributed by atoms with Crippen LogP contribution in [0.4, 0.5) is 15.8 Å². The Labute approximate surface area is 274 Å². The minimum absolute atomic E-state index is 0.0570. The SMILES string of the molecule is CNc1cc(F)c(C#N)c2c1[nH]c1ncc(-c3cnc4c(c3)c(=O)c(C(O)OC(C)OC(C)=O)cn4C)c(N3CC[C@H]4CN(C)C[C@H]43)c12. The maximum atomic E-state index is 15.5. The van der Waals surface area contributed by atoms with E-state index in [0.717, 1.165) is 31.7 Å². The van der Waals surface area contributed by atoms with Crippen molar-refractivity contribution >= 4 is 50.3 Å². The number of nitriles is 1. The number of aliphatic hydroxyl groups excluding tert-OH is 1. The highest BCUT2D eigenvalue weighted by Gasteiger charge is 2.42. The van der Waals surface area contributed by atoms with E-state index in [4.69, 9.17) is 14.5 Å². The van der Waals surface area contributed by atoms with Crippen LogP contribution in [0.15, 0.2) is 35.5 Å². The van der Waals surface area contributed by atoms with Crippen LogP contribution in [0.3, 0.4) is 0 Å². The fourth-order valence-corrected chi connectivity index (χ4v) is 7.48. The highest BCUT2D eigenvalue weighted by molar-refractivity contribution is 6.20. The van der Waals surface area contributed by atoms with E-state index >= 15 is 4.39 Å². The first-order valence-electron chi connectivity index (χ1n) is 15.7. The molecular formula is C34H35FN8O5. The lowest BCUT2D eigenvalue weighted by atomic mass is 9.98. The van der Waals surface area contributed by atoms with E-state index in [2.05, 4.69) is 38.2 Å². The zero-order valence-corrected chi connectivity index (χ0v) is 27.2. The van der Waals surface area contributed by atoms with Gasteiger partial charge in [0.1, 0.15) is 23.2 Å². The molecule has 2 aliphatic heterocycles. The smallest absolute Gasteiger partial charge is 0.304 e. The van der Waals surface area contributed by atoms with E-state index in [9.17, 15) is 20.0 Å². The van der Waals surface area contributed by atoms with Crippen molar-refractivity contribution in [2.24, 2.45) is 13.0 Å². The van der Waals surface area contributed by atoms with Crippen LogP contribution in [0.1, 0.15) is 37.7 Å². The van der Waals surface area contributed by atoms with Crippen LogP contribution in [-0.4, -0.2) is 81.6 Å². The number of carbonyl (C=O) groups excluding carboxylic acids is 1. The summed E-state index contributed by atoms with van der Waals surface area (Å²) in [6, 6.07) is 5.26. The summed E-state index contributed by atoms with van der Waals surface area (Å²) in [5, 5.41) is 25.3. The Morgan fingerprint density at radius 2 is 2.02 bits per heavy atom. The molecule has 48 heavy (non-hydrogen) atoms. The molecule has 248 valence electrons. The minimum atomic E-state index is -1.67. The number of esters is 1. The zero-order chi connectivity index (χ0) is 34.0. The molecule has 5 aromatic rings. The molecule has 0 spiro atoms. The maximum absolute atomic E-state index is 15.5. The lowest BCUT2D eigenvalue weighted by molar-refractivity contribution is -0.222. The molecule has 0 bridgehead atoms. The van der Waals surface area contributed by atoms with E-state index in [1.165, 1.54) is 26.1 Å². The van der Waals surface area contributed by atoms with Gasteiger partial charge in [0.15, 0.2) is 11.7 Å². The molecule has 0 amide bonds. The summed E-state index contributed by atoms with van der Waals surface area (Å²) in [7, 11) is 5.49. The highest BCUT2D eigenvalue weighted by atomic mass is 19.1. The number of likely N-dealkylation sites (tertiary alicyclic amines) is 1. The summed E-state index contributed by atoms with van der Waals surface area (Å²) in [6.07, 6.45) is 3.02. The number of hydrogen-bond acceptors (Lipinski definition) is 11. The van der Waals surface area contributed by atoms with Crippen LogP contribution in [0.2, 0.25) is 0 Å². The van der Waals surface area contributed by atoms with Gasteiger partial charge in [0.2, 0.25) is 6.29 Å². The number of rotatable bonds is 7. The molecule has 6 heterocycles. The van der Waals surface area contributed by atoms with Crippen molar-refractivity contribution in [2.75, 3.05) is 43.9 Å². The van der Waals surface area contributed by atoms with Gasteiger partial charge in [0, 0.05) is 87.9 Å². The molecule has 14 heteroatoms. The molecule has 3 N–H and O–H groups in total. The van der Waals surface area contributed by atoms with Crippen molar-refractivity contribution in [3.8, 4) is 17.2 Å². The van der Waals surface area contributed by atoms with Crippen LogP contribution in [0, 0.1) is 23.1 Å². The van der Waals surface area contributed by atoms with Gasteiger partial charge in [-0.15, -0.1) is 0 Å². The third-order valence-electron chi connectivity index (χ3n) is 9.49. The second kappa shape index (κ2) is 11.9. The summed E-state index contributed by atoms with van der Waals surface area (Å²) in [5.41, 5.74) is 3.34. The van der Waals surface area contributed by atoms with Gasteiger partial charge in [-0.1, -0.05) is 0 Å². The number of likely N-dealkylation sites (N-methyl/N-ethyl adjacent to an activating group) is 1. The van der Waals surface area contributed by atoms with E-state index in [-0.39, 0.29) is 22.6 Å². The number of aliphatic hydroxyl groups is 1. The minimum Gasteiger partial charge on any atom is -0.436 e. The fraction of sp³-hybridized carbons (Fsp3) is 0.382. The Morgan fingerprint density at radius 3 is 2.75 bits per heavy atom. The average molecular weight is 655 g/mol. The van der Waals surface area contributed by atoms with E-state index in [0.29, 0.717) is 50.3 Å². The predicted octanol–water partition coefficient (Wildman–Crippen LogP) is 3.74. The molecule has 0 saturated carbocycles. The number of carbonyl (C=O) groups is 1. The van der Waals surface area contributed by atoms with Gasteiger partial charge >= 0.3 is 5.97 Å². The summed E-state index contributed by atoms with van der Waals surface area (Å²) >= 11 is 0. The molecule has 7 rings (SSSR count). The third kappa shape index (κ3) is 5.02. The summed E-state index contributed by atoms with van der Waals surface area (Å²) in [4.78, 5) is 42.6. The lowest BCUT2D eigenvalue weighted by Gasteiger charge is -2.29. The van der Waals surface area contributed by atoms with Crippen LogP contribution in [0.25, 0.3) is 44.1 Å². The van der Waals surface area contributed by atoms with Gasteiger partial charge in [0.25, 0.3) is 0 Å². The summed E-state index contributed by atoms with van der Waals surface area (Å²) < 4.78 is 27.4. The number of anilines is 2. The number of aromatic nitrogens is 4. The molecule has 2 unspecified atom stereocenters. The number of fused-ring (bicyclic) bond motifs is 5. The standard InChI is InChI=1S/C34H35FN8O5/c1-16(44)47-17(2)48-34(46)23-14-42(5)33-20(31(23)45)8-19(11-39-33)22-12-38-32-28(30(22)43-7-6-18-13-41(4)15-26(18)43)27-21(10-36)24(35)9-25(37-3)29(27)40-32/h8-9,11-12,14,17-18,26,34,37,46H,6-7,13,15H2,1-5H3,(H,38,40)/t17?,18-,26+,34?/m0/s1. The van der Waals surface area contributed by atoms with Gasteiger partial charge in [-0.25, -0.2) is 14.4 Å². The van der Waals surface area contributed by atoms with Crippen LogP contribution in [-0.2, 0) is 21.3 Å². The number of benzene rings is 1. The van der Waals surface area contributed by atoms with Crippen molar-refractivity contribution in [3.05, 3.63) is 57.9 Å². The molecule has 0 radical (unpaired) electrons. The third-order valence-corrected chi connectivity index (χ3v) is 9.49. The Bertz CT molecular complexity index is 2230. The zero-order valence-electron chi connectivity index (χ0n) is 27.2. The van der Waals surface area contributed by atoms with Gasteiger partial charge in [-0.2, -0.15) is 5.26 Å². The molecule has 13 nitrogen and oxygen atoms in total. The molecule has 0 aliphatic carbocycles. The number of aromatic amines is 1. The van der Waals surface area contributed by atoms with Crippen molar-refractivity contribution in [2.45, 2.75) is 38.9 Å². The molecule has 2 fully saturated rings. The largest absolute Gasteiger partial charge is 0.436 e. The quantitative estimate of drug-likeness (QED) is 0.173. The Hall–Kier alpha value is -5.10. The second-order valence-corrected chi connectivity index (χ2v) is 12.6. The second-order valence-electron chi connectivity index (χ2n) is 12.6. The van der Waals surface area contributed by atoms with Crippen molar-refractivity contribution in [1.82, 2.24) is 24.4 Å². The normalized spacial score (nSPS) is 19.2. The first-order chi connectivity index (χ1) is 23.0. The maximum Gasteiger partial charge on any atom is 0.304 e. The van der Waals surface area contributed by atoms with E-state index in [1.807, 2.05) is 0 Å². The lowest BCUT2D eigenvalue weighted by Crippen LogP contribution is -2.35. The Kier molecular flexibility index (Phi) is 7.78. The molecule has 4 atom stereocenters. The van der Waals surface area contributed by atoms with Crippen molar-refractivity contribution in [3.63, 3.8) is 0 Å². The number of nitrogens with zero attached hydrogens (tertiary/aromatic N) is 6. The molecular weight excluding hydrogens is 619 g/mol. The average Bonchev–Trinajstić information content (AvgIpc) is 3.73. The highest BCUT2D eigenvalue weighted by Crippen LogP contribution is 2.47. The van der Waals surface area contributed by atoms with Gasteiger partial charge < -0.3 is 39.2 Å². The summed E-state index contributed by atoms with van der Waals surface area (Å²) in [6.45, 7) is 5.20. The Balaban J connectivity index is 1.47. The molecule has 1 aromatic carbocycles. The number of pyridine rings is 3. The number of halogens is 1. The van der Waals surface area contributed by atoms with Gasteiger partial charge in [-0.05, 0) is 32.4 Å².